The van der Waals surface area contributed by atoms with E-state index in [0.717, 1.165) is 65.2 Å². The number of benzene rings is 2. The van der Waals surface area contributed by atoms with Crippen molar-refractivity contribution in [1.29, 1.82) is 5.26 Å². The SMILES string of the molecule is COc1cc(C)nc(Nc2ccc(Nc3nc4ccccc4c(N4CCC(NC(C)(C)C)CC4)c3C#N)cc2C)n1.Cl. The number of ether oxygens (including phenoxy) is 1. The molecule has 0 unspecified atom stereocenters. The second-order valence-corrected chi connectivity index (χ2v) is 11.6. The Morgan fingerprint density at radius 3 is 2.38 bits per heavy atom. The third kappa shape index (κ3) is 7.01. The number of para-hydroxylation sites is 1. The van der Waals surface area contributed by atoms with Crippen LogP contribution < -0.4 is 25.6 Å². The fourth-order valence-electron chi connectivity index (χ4n) is 5.42. The first kappa shape index (κ1) is 30.8. The molecule has 1 saturated heterocycles. The number of pyridine rings is 1. The lowest BCUT2D eigenvalue weighted by Gasteiger charge is -2.38. The summed E-state index contributed by atoms with van der Waals surface area (Å²) in [6.45, 7) is 12.3. The first-order valence-electron chi connectivity index (χ1n) is 14.0. The Balaban J connectivity index is 0.00000405. The van der Waals surface area contributed by atoms with Crippen LogP contribution in [0.25, 0.3) is 10.9 Å². The molecule has 5 rings (SSSR count). The summed E-state index contributed by atoms with van der Waals surface area (Å²) in [4.78, 5) is 16.1. The molecule has 0 aliphatic carbocycles. The molecular formula is C32H39ClN8O. The zero-order chi connectivity index (χ0) is 29.1. The Morgan fingerprint density at radius 2 is 1.71 bits per heavy atom. The highest BCUT2D eigenvalue weighted by Crippen LogP contribution is 2.37. The molecule has 1 aliphatic heterocycles. The van der Waals surface area contributed by atoms with E-state index in [1.807, 2.05) is 50.2 Å². The normalized spacial score (nSPS) is 13.8. The standard InChI is InChI=1S/C32H38N8O.ClH/c1-20-17-23(11-12-26(20)37-31-34-21(2)18-28(38-31)41-6)35-30-25(19-33)29(24-9-7-8-10-27(24)36-30)40-15-13-22(14-16-40)39-32(3,4)5;/h7-12,17-18,22,39H,13-16H2,1-6H3,(H,35,36)(H,34,37,38);1H. The van der Waals surface area contributed by atoms with E-state index in [-0.39, 0.29) is 17.9 Å². The maximum absolute atomic E-state index is 10.4. The lowest BCUT2D eigenvalue weighted by molar-refractivity contribution is 0.317. The zero-order valence-corrected chi connectivity index (χ0v) is 25.9. The Morgan fingerprint density at radius 1 is 0.976 bits per heavy atom. The largest absolute Gasteiger partial charge is 0.481 e. The Labute approximate surface area is 254 Å². The number of piperidine rings is 1. The maximum atomic E-state index is 10.4. The van der Waals surface area contributed by atoms with Gasteiger partial charge in [-0.15, -0.1) is 12.4 Å². The number of rotatable bonds is 7. The van der Waals surface area contributed by atoms with Crippen LogP contribution in [-0.2, 0) is 0 Å². The van der Waals surface area contributed by atoms with Crippen molar-refractivity contribution in [3.05, 3.63) is 65.4 Å². The van der Waals surface area contributed by atoms with E-state index >= 15 is 0 Å². The molecule has 0 atom stereocenters. The molecule has 0 amide bonds. The van der Waals surface area contributed by atoms with Crippen molar-refractivity contribution in [2.75, 3.05) is 35.7 Å². The average molecular weight is 587 g/mol. The van der Waals surface area contributed by atoms with Crippen molar-refractivity contribution in [2.24, 2.45) is 0 Å². The lowest BCUT2D eigenvalue weighted by Crippen LogP contribution is -2.49. The van der Waals surface area contributed by atoms with Gasteiger partial charge in [-0.05, 0) is 77.3 Å². The molecule has 3 heterocycles. The molecule has 220 valence electrons. The van der Waals surface area contributed by atoms with Gasteiger partial charge in [0.15, 0.2) is 5.82 Å². The third-order valence-electron chi connectivity index (χ3n) is 7.20. The topological polar surface area (TPSA) is 111 Å². The molecule has 2 aromatic heterocycles. The van der Waals surface area contributed by atoms with Gasteiger partial charge in [-0.2, -0.15) is 10.2 Å². The number of nitrogens with zero attached hydrogens (tertiary/aromatic N) is 5. The van der Waals surface area contributed by atoms with Gasteiger partial charge < -0.3 is 25.6 Å². The quantitative estimate of drug-likeness (QED) is 0.215. The van der Waals surface area contributed by atoms with Crippen LogP contribution >= 0.6 is 12.4 Å². The van der Waals surface area contributed by atoms with Crippen molar-refractivity contribution in [2.45, 2.75) is 59.0 Å². The zero-order valence-electron chi connectivity index (χ0n) is 25.1. The minimum Gasteiger partial charge on any atom is -0.481 e. The van der Waals surface area contributed by atoms with Crippen molar-refractivity contribution in [3.8, 4) is 11.9 Å². The molecule has 3 N–H and O–H groups in total. The monoisotopic (exact) mass is 586 g/mol. The van der Waals surface area contributed by atoms with E-state index in [9.17, 15) is 5.26 Å². The first-order valence-corrected chi connectivity index (χ1v) is 14.0. The number of halogens is 1. The molecule has 1 aliphatic rings. The molecule has 10 heteroatoms. The predicted molar refractivity (Wildman–Crippen MR) is 173 cm³/mol. The first-order chi connectivity index (χ1) is 19.6. The molecule has 42 heavy (non-hydrogen) atoms. The van der Waals surface area contributed by atoms with E-state index < -0.39 is 0 Å². The van der Waals surface area contributed by atoms with Gasteiger partial charge in [-0.1, -0.05) is 18.2 Å². The number of aryl methyl sites for hydroxylation is 2. The van der Waals surface area contributed by atoms with Crippen molar-refractivity contribution in [3.63, 3.8) is 0 Å². The van der Waals surface area contributed by atoms with Crippen molar-refractivity contribution >= 4 is 52.1 Å². The van der Waals surface area contributed by atoms with Crippen LogP contribution in [0.1, 0.15) is 50.4 Å². The van der Waals surface area contributed by atoms with E-state index in [4.69, 9.17) is 9.72 Å². The summed E-state index contributed by atoms with van der Waals surface area (Å²) < 4.78 is 5.28. The molecule has 4 aromatic rings. The predicted octanol–water partition coefficient (Wildman–Crippen LogP) is 6.79. The summed E-state index contributed by atoms with van der Waals surface area (Å²) >= 11 is 0. The number of hydrogen-bond donors (Lipinski definition) is 3. The second kappa shape index (κ2) is 12.8. The summed E-state index contributed by atoms with van der Waals surface area (Å²) in [6.07, 6.45) is 2.04. The smallest absolute Gasteiger partial charge is 0.230 e. The van der Waals surface area contributed by atoms with E-state index in [2.05, 4.69) is 63.7 Å². The highest BCUT2D eigenvalue weighted by molar-refractivity contribution is 5.98. The van der Waals surface area contributed by atoms with Gasteiger partial charge in [0.1, 0.15) is 11.6 Å². The van der Waals surface area contributed by atoms with Gasteiger partial charge in [0.2, 0.25) is 11.8 Å². The highest BCUT2D eigenvalue weighted by atomic mass is 35.5. The van der Waals surface area contributed by atoms with Gasteiger partial charge in [-0.25, -0.2) is 9.97 Å². The molecule has 9 nitrogen and oxygen atoms in total. The van der Waals surface area contributed by atoms with Crippen LogP contribution in [-0.4, -0.2) is 46.7 Å². The number of fused-ring (bicyclic) bond motifs is 1. The second-order valence-electron chi connectivity index (χ2n) is 11.6. The molecule has 1 fully saturated rings. The van der Waals surface area contributed by atoms with Crippen LogP contribution in [0.2, 0.25) is 0 Å². The number of aromatic nitrogens is 3. The van der Waals surface area contributed by atoms with E-state index in [1.54, 1.807) is 13.2 Å². The summed E-state index contributed by atoms with van der Waals surface area (Å²) in [5, 5.41) is 21.9. The highest BCUT2D eigenvalue weighted by Gasteiger charge is 2.27. The fraction of sp³-hybridized carbons (Fsp3) is 0.375. The van der Waals surface area contributed by atoms with Gasteiger partial charge >= 0.3 is 0 Å². The number of anilines is 5. The van der Waals surface area contributed by atoms with Crippen molar-refractivity contribution < 1.29 is 4.74 Å². The maximum Gasteiger partial charge on any atom is 0.230 e. The van der Waals surface area contributed by atoms with Crippen LogP contribution in [0.3, 0.4) is 0 Å². The number of nitriles is 1. The molecule has 0 bridgehead atoms. The summed E-state index contributed by atoms with van der Waals surface area (Å²) in [5.74, 6) is 1.54. The van der Waals surface area contributed by atoms with Gasteiger partial charge in [0, 0.05) is 53.2 Å². The van der Waals surface area contributed by atoms with Crippen LogP contribution in [0.15, 0.2) is 48.5 Å². The van der Waals surface area contributed by atoms with E-state index in [1.165, 1.54) is 0 Å². The van der Waals surface area contributed by atoms with Crippen LogP contribution in [0, 0.1) is 25.2 Å². The summed E-state index contributed by atoms with van der Waals surface area (Å²) in [7, 11) is 1.59. The van der Waals surface area contributed by atoms with Crippen LogP contribution in [0.4, 0.5) is 28.8 Å². The number of hydrogen-bond acceptors (Lipinski definition) is 9. The van der Waals surface area contributed by atoms with E-state index in [0.29, 0.717) is 29.3 Å². The van der Waals surface area contributed by atoms with Gasteiger partial charge in [0.05, 0.1) is 18.3 Å². The van der Waals surface area contributed by atoms with Gasteiger partial charge in [0.25, 0.3) is 0 Å². The summed E-state index contributed by atoms with van der Waals surface area (Å²) in [6, 6.07) is 18.7. The Kier molecular flexibility index (Phi) is 9.40. The molecular weight excluding hydrogens is 548 g/mol. The number of nitrogens with one attached hydrogen (secondary N) is 3. The fourth-order valence-corrected chi connectivity index (χ4v) is 5.42. The van der Waals surface area contributed by atoms with Crippen LogP contribution in [0.5, 0.6) is 5.88 Å². The average Bonchev–Trinajstić information content (AvgIpc) is 2.93. The minimum absolute atomic E-state index is 0. The number of methoxy groups -OCH3 is 1. The minimum atomic E-state index is 0. The molecule has 2 aromatic carbocycles. The molecule has 0 saturated carbocycles. The van der Waals surface area contributed by atoms with Crippen molar-refractivity contribution in [1.82, 2.24) is 20.3 Å². The Hall–Kier alpha value is -4.13. The lowest BCUT2D eigenvalue weighted by atomic mass is 9.98. The summed E-state index contributed by atoms with van der Waals surface area (Å²) in [5.41, 5.74) is 5.98. The molecule has 0 spiro atoms. The van der Waals surface area contributed by atoms with Gasteiger partial charge in [-0.3, -0.25) is 0 Å². The Bertz CT molecular complexity index is 1600. The molecule has 0 radical (unpaired) electrons. The third-order valence-corrected chi connectivity index (χ3v) is 7.20.